The Kier molecular flexibility index (Phi) is 5.48. The summed E-state index contributed by atoms with van der Waals surface area (Å²) in [6.07, 6.45) is 0. The van der Waals surface area contributed by atoms with Gasteiger partial charge in [-0.3, -0.25) is 10.2 Å². The second kappa shape index (κ2) is 7.56. The van der Waals surface area contributed by atoms with Crippen molar-refractivity contribution in [3.63, 3.8) is 0 Å². The molecule has 0 bridgehead atoms. The van der Waals surface area contributed by atoms with Gasteiger partial charge in [0.1, 0.15) is 5.75 Å². The van der Waals surface area contributed by atoms with Gasteiger partial charge in [-0.15, -0.1) is 11.8 Å². The smallest absolute Gasteiger partial charge is 0.268 e. The molecule has 0 spiro atoms. The molecule has 110 valence electrons. The van der Waals surface area contributed by atoms with Gasteiger partial charge >= 0.3 is 0 Å². The molecule has 0 unspecified atom stereocenters. The molecular weight excluding hydrogens is 286 g/mol. The molecule has 0 radical (unpaired) electrons. The number of hydrazine groups is 1. The zero-order valence-corrected chi connectivity index (χ0v) is 12.2. The summed E-state index contributed by atoms with van der Waals surface area (Å²) in [6.45, 7) is 0.480. The molecule has 6 heteroatoms. The third-order valence-electron chi connectivity index (χ3n) is 2.73. The summed E-state index contributed by atoms with van der Waals surface area (Å²) in [6, 6.07) is 14.7. The van der Waals surface area contributed by atoms with E-state index < -0.39 is 0 Å². The topological polar surface area (TPSA) is 90.4 Å². The number of anilines is 1. The standard InChI is InChI=1S/C15H17N3O2S/c16-11-4-3-5-12(10-11)21-9-8-20-14-7-2-1-6-13(14)15(19)18-17/h1-7,10H,8-9,16-17H2,(H,18,19). The Balaban J connectivity index is 1.88. The van der Waals surface area contributed by atoms with Gasteiger partial charge in [0, 0.05) is 16.3 Å². The van der Waals surface area contributed by atoms with Crippen LogP contribution < -0.4 is 21.7 Å². The predicted octanol–water partition coefficient (Wildman–Crippen LogP) is 2.04. The quantitative estimate of drug-likeness (QED) is 0.190. The molecule has 0 saturated carbocycles. The molecule has 21 heavy (non-hydrogen) atoms. The highest BCUT2D eigenvalue weighted by Crippen LogP contribution is 2.21. The number of nitrogens with two attached hydrogens (primary N) is 2. The minimum atomic E-state index is -0.367. The van der Waals surface area contributed by atoms with E-state index in [1.165, 1.54) is 0 Å². The lowest BCUT2D eigenvalue weighted by atomic mass is 10.2. The van der Waals surface area contributed by atoms with Gasteiger partial charge in [-0.05, 0) is 30.3 Å². The number of rotatable bonds is 6. The third kappa shape index (κ3) is 4.40. The molecule has 5 N–H and O–H groups in total. The van der Waals surface area contributed by atoms with Gasteiger partial charge in [0.05, 0.1) is 12.2 Å². The van der Waals surface area contributed by atoms with Crippen LogP contribution in [0.1, 0.15) is 10.4 Å². The molecule has 0 saturated heterocycles. The van der Waals surface area contributed by atoms with E-state index in [0.29, 0.717) is 17.9 Å². The van der Waals surface area contributed by atoms with Crippen LogP contribution in [0, 0.1) is 0 Å². The lowest BCUT2D eigenvalue weighted by Crippen LogP contribution is -2.30. The van der Waals surface area contributed by atoms with E-state index in [9.17, 15) is 4.79 Å². The fourth-order valence-electron chi connectivity index (χ4n) is 1.77. The van der Waals surface area contributed by atoms with Gasteiger partial charge in [-0.1, -0.05) is 18.2 Å². The lowest BCUT2D eigenvalue weighted by molar-refractivity contribution is 0.0950. The molecule has 1 amide bonds. The molecular formula is C15H17N3O2S. The molecule has 2 aromatic rings. The average Bonchev–Trinajstić information content (AvgIpc) is 2.51. The molecule has 0 heterocycles. The highest BCUT2D eigenvalue weighted by molar-refractivity contribution is 7.99. The number of ether oxygens (including phenoxy) is 1. The largest absolute Gasteiger partial charge is 0.492 e. The van der Waals surface area contributed by atoms with Gasteiger partial charge in [0.25, 0.3) is 5.91 Å². The summed E-state index contributed by atoms with van der Waals surface area (Å²) >= 11 is 1.64. The summed E-state index contributed by atoms with van der Waals surface area (Å²) in [5.41, 5.74) is 8.99. The first-order valence-corrected chi connectivity index (χ1v) is 7.40. The van der Waals surface area contributed by atoms with Crippen LogP contribution in [-0.4, -0.2) is 18.3 Å². The number of carbonyl (C=O) groups excluding carboxylic acids is 1. The number of carbonyl (C=O) groups is 1. The predicted molar refractivity (Wildman–Crippen MR) is 85.2 cm³/mol. The van der Waals surface area contributed by atoms with E-state index in [-0.39, 0.29) is 5.91 Å². The molecule has 0 aliphatic heterocycles. The molecule has 0 aromatic heterocycles. The van der Waals surface area contributed by atoms with Gasteiger partial charge in [-0.2, -0.15) is 0 Å². The van der Waals surface area contributed by atoms with E-state index in [1.54, 1.807) is 30.0 Å². The van der Waals surface area contributed by atoms with Crippen LogP contribution in [-0.2, 0) is 0 Å². The van der Waals surface area contributed by atoms with Crippen LogP contribution in [0.4, 0.5) is 5.69 Å². The first-order valence-electron chi connectivity index (χ1n) is 6.42. The molecule has 0 fully saturated rings. The van der Waals surface area contributed by atoms with Crippen LogP contribution in [0.2, 0.25) is 0 Å². The maximum atomic E-state index is 11.6. The monoisotopic (exact) mass is 303 g/mol. The number of nitrogen functional groups attached to an aromatic ring is 2. The van der Waals surface area contributed by atoms with Crippen molar-refractivity contribution < 1.29 is 9.53 Å². The normalized spacial score (nSPS) is 10.1. The van der Waals surface area contributed by atoms with E-state index in [4.69, 9.17) is 16.3 Å². The highest BCUT2D eigenvalue weighted by Gasteiger charge is 2.10. The van der Waals surface area contributed by atoms with Gasteiger partial charge in [-0.25, -0.2) is 5.84 Å². The highest BCUT2D eigenvalue weighted by atomic mass is 32.2. The number of hydrogen-bond acceptors (Lipinski definition) is 5. The van der Waals surface area contributed by atoms with Crippen LogP contribution in [0.25, 0.3) is 0 Å². The van der Waals surface area contributed by atoms with Crippen LogP contribution in [0.5, 0.6) is 5.75 Å². The van der Waals surface area contributed by atoms with Gasteiger partial charge < -0.3 is 10.5 Å². The maximum absolute atomic E-state index is 11.6. The zero-order chi connectivity index (χ0) is 15.1. The fourth-order valence-corrected chi connectivity index (χ4v) is 2.57. The number of thioether (sulfide) groups is 1. The SMILES string of the molecule is NNC(=O)c1ccccc1OCCSc1cccc(N)c1. The second-order valence-corrected chi connectivity index (χ2v) is 5.41. The van der Waals surface area contributed by atoms with E-state index in [2.05, 4.69) is 5.43 Å². The molecule has 0 aliphatic rings. The zero-order valence-electron chi connectivity index (χ0n) is 11.4. The van der Waals surface area contributed by atoms with E-state index in [0.717, 1.165) is 16.3 Å². The van der Waals surface area contributed by atoms with Crippen molar-refractivity contribution in [3.8, 4) is 5.75 Å². The molecule has 5 nitrogen and oxygen atoms in total. The molecule has 2 aromatic carbocycles. The Hall–Kier alpha value is -2.18. The molecule has 0 atom stereocenters. The summed E-state index contributed by atoms with van der Waals surface area (Å²) in [5.74, 6) is 6.05. The number of nitrogens with one attached hydrogen (secondary N) is 1. The first kappa shape index (κ1) is 15.2. The summed E-state index contributed by atoms with van der Waals surface area (Å²) in [7, 11) is 0. The average molecular weight is 303 g/mol. The Bertz CT molecular complexity index is 619. The van der Waals surface area contributed by atoms with Crippen molar-refractivity contribution in [3.05, 3.63) is 54.1 Å². The first-order chi connectivity index (χ1) is 10.2. The summed E-state index contributed by atoms with van der Waals surface area (Å²) in [4.78, 5) is 12.7. The van der Waals surface area contributed by atoms with Crippen LogP contribution >= 0.6 is 11.8 Å². The van der Waals surface area contributed by atoms with Crippen molar-refractivity contribution in [2.24, 2.45) is 5.84 Å². The van der Waals surface area contributed by atoms with Crippen molar-refractivity contribution in [2.45, 2.75) is 4.90 Å². The van der Waals surface area contributed by atoms with Crippen molar-refractivity contribution in [2.75, 3.05) is 18.1 Å². The number of benzene rings is 2. The van der Waals surface area contributed by atoms with Crippen molar-refractivity contribution in [1.82, 2.24) is 5.43 Å². The molecule has 2 rings (SSSR count). The van der Waals surface area contributed by atoms with Crippen LogP contribution in [0.3, 0.4) is 0 Å². The Morgan fingerprint density at radius 3 is 2.76 bits per heavy atom. The van der Waals surface area contributed by atoms with E-state index >= 15 is 0 Å². The third-order valence-corrected chi connectivity index (χ3v) is 3.69. The Morgan fingerprint density at radius 1 is 1.19 bits per heavy atom. The Labute approximate surface area is 127 Å². The Morgan fingerprint density at radius 2 is 2.00 bits per heavy atom. The van der Waals surface area contributed by atoms with E-state index in [1.807, 2.05) is 30.3 Å². The van der Waals surface area contributed by atoms with Crippen molar-refractivity contribution in [1.29, 1.82) is 0 Å². The minimum Gasteiger partial charge on any atom is -0.492 e. The number of amides is 1. The van der Waals surface area contributed by atoms with Crippen molar-refractivity contribution >= 4 is 23.4 Å². The number of para-hydroxylation sites is 1. The maximum Gasteiger partial charge on any atom is 0.268 e. The number of hydrogen-bond donors (Lipinski definition) is 3. The summed E-state index contributed by atoms with van der Waals surface area (Å²) < 4.78 is 5.64. The van der Waals surface area contributed by atoms with Crippen LogP contribution in [0.15, 0.2) is 53.4 Å². The van der Waals surface area contributed by atoms with Gasteiger partial charge in [0.15, 0.2) is 0 Å². The lowest BCUT2D eigenvalue weighted by Gasteiger charge is -2.10. The van der Waals surface area contributed by atoms with Gasteiger partial charge in [0.2, 0.25) is 0 Å². The second-order valence-electron chi connectivity index (χ2n) is 4.24. The summed E-state index contributed by atoms with van der Waals surface area (Å²) in [5, 5.41) is 0. The minimum absolute atomic E-state index is 0.367. The fraction of sp³-hybridized carbons (Fsp3) is 0.133. The molecule has 0 aliphatic carbocycles.